The summed E-state index contributed by atoms with van der Waals surface area (Å²) in [7, 11) is 0. The minimum Gasteiger partial charge on any atom is -0.457 e. The van der Waals surface area contributed by atoms with E-state index in [2.05, 4.69) is 205 Å². The van der Waals surface area contributed by atoms with Gasteiger partial charge in [-0.15, -0.1) is 0 Å². The lowest BCUT2D eigenvalue weighted by atomic mass is 9.79. The Morgan fingerprint density at radius 3 is 1.38 bits per heavy atom. The summed E-state index contributed by atoms with van der Waals surface area (Å²) in [5.41, 5.74) is 14.1. The fourth-order valence-electron chi connectivity index (χ4n) is 10.4. The highest BCUT2D eigenvalue weighted by Crippen LogP contribution is 2.54. The summed E-state index contributed by atoms with van der Waals surface area (Å²) in [5.74, 6) is 1.26. The second-order valence-electron chi connectivity index (χ2n) is 17.6. The van der Waals surface area contributed by atoms with Crippen LogP contribution in [0.1, 0.15) is 5.48 Å². The van der Waals surface area contributed by atoms with Crippen molar-refractivity contribution in [1.82, 2.24) is 0 Å². The van der Waals surface area contributed by atoms with Crippen molar-refractivity contribution in [3.05, 3.63) is 273 Å². The number of hydrogen-bond donors (Lipinski definition) is 0. The Morgan fingerprint density at radius 2 is 0.803 bits per heavy atom. The topological polar surface area (TPSA) is 12.5 Å². The summed E-state index contributed by atoms with van der Waals surface area (Å²) in [6, 6.07) is 84.4. The highest BCUT2D eigenvalue weighted by atomic mass is 32.2. The van der Waals surface area contributed by atoms with Gasteiger partial charge in [-0.05, 0) is 149 Å². The van der Waals surface area contributed by atoms with E-state index < -0.39 is 0 Å². The molecule has 0 fully saturated rings. The molecule has 12 aromatic carbocycles. The van der Waals surface area contributed by atoms with Gasteiger partial charge in [-0.1, -0.05) is 224 Å². The molecule has 2 nitrogen and oxygen atoms in total. The fourth-order valence-corrected chi connectivity index (χ4v) is 11.4. The van der Waals surface area contributed by atoms with E-state index in [1.807, 2.05) is 48.5 Å². The predicted octanol–water partition coefficient (Wildman–Crippen LogP) is 19.7. The molecule has 334 valence electrons. The van der Waals surface area contributed by atoms with Gasteiger partial charge in [0.15, 0.2) is 0 Å². The van der Waals surface area contributed by atoms with Crippen molar-refractivity contribution < 1.29 is 10.2 Å². The van der Waals surface area contributed by atoms with Crippen LogP contribution in [0.2, 0.25) is 0 Å². The monoisotopic (exact) mass is 927 g/mol. The Labute approximate surface area is 424 Å². The molecule has 0 atom stereocenters. The van der Waals surface area contributed by atoms with Crippen LogP contribution in [0.3, 0.4) is 0 Å². The van der Waals surface area contributed by atoms with Crippen LogP contribution in [-0.4, -0.2) is 0 Å². The first-order valence-corrected chi connectivity index (χ1v) is 24.6. The molecular formula is C68H45NOS. The number of nitrogens with zero attached hydrogens (tertiary/aromatic N) is 1. The summed E-state index contributed by atoms with van der Waals surface area (Å²) >= 11 is 1.76. The first-order chi connectivity index (χ1) is 36.9. The molecule has 0 aromatic heterocycles. The van der Waals surface area contributed by atoms with Crippen LogP contribution >= 0.6 is 11.8 Å². The molecule has 12 aromatic rings. The summed E-state index contributed by atoms with van der Waals surface area (Å²) in [5, 5.41) is 2.45. The van der Waals surface area contributed by atoms with E-state index in [-0.39, 0.29) is 24.2 Å². The van der Waals surface area contributed by atoms with E-state index >= 15 is 0 Å². The van der Waals surface area contributed by atoms with Crippen molar-refractivity contribution >= 4 is 50.4 Å². The van der Waals surface area contributed by atoms with Crippen molar-refractivity contribution in [2.75, 3.05) is 4.90 Å². The van der Waals surface area contributed by atoms with Gasteiger partial charge in [-0.2, -0.15) is 0 Å². The first kappa shape index (κ1) is 38.0. The lowest BCUT2D eigenvalue weighted by Gasteiger charge is -2.33. The number of ether oxygens (including phenoxy) is 1. The van der Waals surface area contributed by atoms with Gasteiger partial charge in [0.1, 0.15) is 11.5 Å². The Morgan fingerprint density at radius 1 is 0.324 bits per heavy atom. The average Bonchev–Trinajstić information content (AvgIpc) is 3.47. The fraction of sp³-hybridized carbons (Fsp3) is 0. The number of benzene rings is 12. The molecule has 0 N–H and O–H groups in total. The number of anilines is 3. The molecule has 1 aliphatic rings. The highest BCUT2D eigenvalue weighted by Gasteiger charge is 2.27. The molecule has 1 aliphatic heterocycles. The van der Waals surface area contributed by atoms with Crippen LogP contribution in [0.4, 0.5) is 17.1 Å². The number of hydrogen-bond acceptors (Lipinski definition) is 3. The van der Waals surface area contributed by atoms with Gasteiger partial charge in [0.2, 0.25) is 0 Å². The largest absolute Gasteiger partial charge is 0.457 e. The van der Waals surface area contributed by atoms with Crippen LogP contribution in [0.25, 0.3) is 88.3 Å². The van der Waals surface area contributed by atoms with E-state index in [0.29, 0.717) is 33.4 Å². The molecule has 3 heteroatoms. The van der Waals surface area contributed by atoms with E-state index in [1.54, 1.807) is 11.8 Å². The van der Waals surface area contributed by atoms with Gasteiger partial charge >= 0.3 is 0 Å². The molecular weight excluding hydrogens is 879 g/mol. The zero-order valence-electron chi connectivity index (χ0n) is 42.4. The molecule has 0 spiro atoms. The van der Waals surface area contributed by atoms with E-state index in [9.17, 15) is 5.48 Å². The summed E-state index contributed by atoms with van der Waals surface area (Å²) in [6.07, 6.45) is 0. The molecule has 0 radical (unpaired) electrons. The van der Waals surface area contributed by atoms with Crippen molar-refractivity contribution in [2.24, 2.45) is 0 Å². The van der Waals surface area contributed by atoms with E-state index in [0.717, 1.165) is 93.3 Å². The molecule has 1 heterocycles. The number of para-hydroxylation sites is 3. The van der Waals surface area contributed by atoms with E-state index in [4.69, 9.17) is 4.74 Å². The molecule has 71 heavy (non-hydrogen) atoms. The van der Waals surface area contributed by atoms with E-state index in [1.165, 1.54) is 0 Å². The Bertz CT molecular complexity index is 4020. The molecule has 13 rings (SSSR count). The molecule has 0 amide bonds. The van der Waals surface area contributed by atoms with Crippen molar-refractivity contribution in [2.45, 2.75) is 9.79 Å². The van der Waals surface area contributed by atoms with Gasteiger partial charge in [0.25, 0.3) is 0 Å². The maximum Gasteiger partial charge on any atom is 0.128 e. The zero-order valence-corrected chi connectivity index (χ0v) is 39.3. The normalized spacial score (nSPS) is 12.6. The lowest BCUT2D eigenvalue weighted by Crippen LogP contribution is -2.14. The quantitative estimate of drug-likeness (QED) is 0.134. The summed E-state index contributed by atoms with van der Waals surface area (Å²) in [6.45, 7) is 0. The summed E-state index contributed by atoms with van der Waals surface area (Å²) < 4.78 is 45.7. The molecule has 0 aliphatic carbocycles. The van der Waals surface area contributed by atoms with Gasteiger partial charge in [-0.3, -0.25) is 0 Å². The minimum absolute atomic E-state index is 0.109. The van der Waals surface area contributed by atoms with Crippen LogP contribution in [0.5, 0.6) is 11.5 Å². The number of fused-ring (bicyclic) bond motifs is 4. The standard InChI is InChI=1S/C68H45NOS/c1-4-21-46(22-5-1)52-27-10-12-29-54(52)56-33-20-34-57(55-30-13-11-28-53(55)47-23-6-2-7-24-47)67(56)68-59-32-15-14-31-58(59)66(60-44-43-51(45-61(60)68)70-50-25-8-3-9-26-50)48-39-41-49(42-40-48)69-62-35-16-18-37-64(62)71-65-38-19-17-36-63(65)69/h1-45H/i14D,15D,31D,32D. The highest BCUT2D eigenvalue weighted by molar-refractivity contribution is 7.99. The first-order valence-electron chi connectivity index (χ1n) is 25.8. The van der Waals surface area contributed by atoms with Crippen LogP contribution < -0.4 is 9.64 Å². The third-order valence-electron chi connectivity index (χ3n) is 13.5. The second-order valence-corrected chi connectivity index (χ2v) is 18.7. The molecule has 0 bridgehead atoms. The molecule has 0 saturated carbocycles. The Hall–Kier alpha value is -8.89. The SMILES string of the molecule is [2H]c1c([2H])c([2H])c2c(-c3c(-c4ccccc4-c4ccccc4)cccc3-c3ccccc3-c3ccccc3)c3cc(Oc4ccccc4)ccc3c(-c3ccc(N4c5ccccc5Sc5ccccc54)cc3)c2c1[2H]. The van der Waals surface area contributed by atoms with Gasteiger partial charge in [0.05, 0.1) is 16.9 Å². The maximum atomic E-state index is 10.2. The molecule has 0 unspecified atom stereocenters. The lowest BCUT2D eigenvalue weighted by molar-refractivity contribution is 0.483. The van der Waals surface area contributed by atoms with Crippen LogP contribution in [-0.2, 0) is 0 Å². The van der Waals surface area contributed by atoms with Crippen molar-refractivity contribution in [3.8, 4) is 78.3 Å². The van der Waals surface area contributed by atoms with Gasteiger partial charge < -0.3 is 9.64 Å². The smallest absolute Gasteiger partial charge is 0.128 e. The van der Waals surface area contributed by atoms with Crippen molar-refractivity contribution in [1.29, 1.82) is 0 Å². The van der Waals surface area contributed by atoms with Gasteiger partial charge in [0, 0.05) is 15.5 Å². The van der Waals surface area contributed by atoms with Gasteiger partial charge in [-0.25, -0.2) is 0 Å². The average molecular weight is 928 g/mol. The summed E-state index contributed by atoms with van der Waals surface area (Å²) in [4.78, 5) is 4.62. The van der Waals surface area contributed by atoms with Crippen molar-refractivity contribution in [3.63, 3.8) is 0 Å². The van der Waals surface area contributed by atoms with Crippen LogP contribution in [0, 0.1) is 0 Å². The third-order valence-corrected chi connectivity index (χ3v) is 14.6. The number of rotatable bonds is 9. The molecule has 0 saturated heterocycles. The Kier molecular flexibility index (Phi) is 9.75. The minimum atomic E-state index is -0.306. The Balaban J connectivity index is 1.16. The second kappa shape index (κ2) is 18.2. The maximum absolute atomic E-state index is 10.2. The third kappa shape index (κ3) is 7.65. The zero-order chi connectivity index (χ0) is 50.6. The van der Waals surface area contributed by atoms with Crippen LogP contribution in [0.15, 0.2) is 283 Å². The predicted molar refractivity (Wildman–Crippen MR) is 299 cm³/mol.